The van der Waals surface area contributed by atoms with Gasteiger partial charge in [-0.3, -0.25) is 9.48 Å². The van der Waals surface area contributed by atoms with E-state index in [9.17, 15) is 27.5 Å². The molecule has 10 heteroatoms. The van der Waals surface area contributed by atoms with E-state index < -0.39 is 37.3 Å². The summed E-state index contributed by atoms with van der Waals surface area (Å²) in [4.78, 5) is 12.9. The number of aliphatic hydroxyl groups excluding tert-OH is 1. The molecule has 3 aromatic rings. The van der Waals surface area contributed by atoms with Gasteiger partial charge in [-0.05, 0) is 30.7 Å². The highest BCUT2D eigenvalue weighted by molar-refractivity contribution is 6.05. The van der Waals surface area contributed by atoms with E-state index in [-0.39, 0.29) is 17.9 Å². The van der Waals surface area contributed by atoms with E-state index in [1.807, 2.05) is 0 Å². The van der Waals surface area contributed by atoms with Crippen LogP contribution in [0.5, 0.6) is 5.75 Å². The summed E-state index contributed by atoms with van der Waals surface area (Å²) in [5, 5.41) is 16.6. The highest BCUT2D eigenvalue weighted by atomic mass is 19.3. The number of amides is 1. The Morgan fingerprint density at radius 1 is 1.22 bits per heavy atom. The van der Waals surface area contributed by atoms with Crippen LogP contribution >= 0.6 is 0 Å². The molecule has 1 aromatic heterocycles. The number of aryl methyl sites for hydroxylation is 1. The fraction of sp³-hybridized carbons (Fsp3) is 0.364. The number of carbonyl (C=O) groups excluding carboxylic acids is 1. The van der Waals surface area contributed by atoms with Gasteiger partial charge in [-0.2, -0.15) is 5.10 Å². The van der Waals surface area contributed by atoms with Crippen molar-refractivity contribution < 1.29 is 32.2 Å². The van der Waals surface area contributed by atoms with Crippen LogP contribution in [-0.2, 0) is 13.7 Å². The van der Waals surface area contributed by atoms with Crippen LogP contribution in [0.2, 0.25) is 0 Å². The molecule has 1 heterocycles. The lowest BCUT2D eigenvalue weighted by molar-refractivity contribution is 0.0582. The van der Waals surface area contributed by atoms with Crippen LogP contribution in [0.1, 0.15) is 41.4 Å². The molecule has 2 aromatic carbocycles. The minimum Gasteiger partial charge on any atom is -0.489 e. The standard InChI is InChI=1S/C22H23F4N3O3/c1-22(12-30,10-18(23)24)27-21(31)19-16-9-14(7-8-17(16)28-29(19)2)32-11-13-5-3-4-6-15(13)20(25)26/h3-9,18,20,30H,10-12H2,1-2H3,(H,27,31). The SMILES string of the molecule is Cn1nc2ccc(OCc3ccccc3C(F)F)cc2c1C(=O)NC(C)(CO)CC(F)F. The Hall–Kier alpha value is -3.14. The molecule has 0 bridgehead atoms. The van der Waals surface area contributed by atoms with Gasteiger partial charge in [-0.1, -0.05) is 24.3 Å². The number of carbonyl (C=O) groups is 1. The molecule has 0 radical (unpaired) electrons. The predicted molar refractivity (Wildman–Crippen MR) is 110 cm³/mol. The Bertz CT molecular complexity index is 1100. The molecular formula is C22H23F4N3O3. The molecule has 2 N–H and O–H groups in total. The van der Waals surface area contributed by atoms with E-state index in [1.54, 1.807) is 24.3 Å². The molecular weight excluding hydrogens is 430 g/mol. The number of aromatic nitrogens is 2. The zero-order valence-electron chi connectivity index (χ0n) is 17.5. The maximum Gasteiger partial charge on any atom is 0.270 e. The number of rotatable bonds is 9. The van der Waals surface area contributed by atoms with Gasteiger partial charge in [0, 0.05) is 24.4 Å². The van der Waals surface area contributed by atoms with Crippen molar-refractivity contribution in [3.8, 4) is 5.75 Å². The molecule has 6 nitrogen and oxygen atoms in total. The largest absolute Gasteiger partial charge is 0.489 e. The summed E-state index contributed by atoms with van der Waals surface area (Å²) in [5.41, 5.74) is -0.769. The first kappa shape index (κ1) is 23.5. The molecule has 172 valence electrons. The van der Waals surface area contributed by atoms with Crippen molar-refractivity contribution in [1.82, 2.24) is 15.1 Å². The zero-order chi connectivity index (χ0) is 23.5. The number of hydrogen-bond acceptors (Lipinski definition) is 4. The fourth-order valence-corrected chi connectivity index (χ4v) is 3.41. The van der Waals surface area contributed by atoms with Crippen molar-refractivity contribution in [3.05, 3.63) is 59.3 Å². The van der Waals surface area contributed by atoms with E-state index in [1.165, 1.54) is 36.9 Å². The Labute approximate surface area is 181 Å². The minimum atomic E-state index is -2.72. The summed E-state index contributed by atoms with van der Waals surface area (Å²) in [5.74, 6) is -0.367. The molecule has 0 aliphatic rings. The summed E-state index contributed by atoms with van der Waals surface area (Å²) >= 11 is 0. The number of nitrogens with zero attached hydrogens (tertiary/aromatic N) is 2. The molecule has 0 aliphatic heterocycles. The quantitative estimate of drug-likeness (QED) is 0.476. The number of fused-ring (bicyclic) bond motifs is 1. The summed E-state index contributed by atoms with van der Waals surface area (Å²) < 4.78 is 59.0. The molecule has 1 atom stereocenters. The Morgan fingerprint density at radius 2 is 1.94 bits per heavy atom. The molecule has 3 rings (SSSR count). The van der Waals surface area contributed by atoms with Gasteiger partial charge in [0.2, 0.25) is 6.43 Å². The van der Waals surface area contributed by atoms with Crippen LogP contribution in [0, 0.1) is 0 Å². The van der Waals surface area contributed by atoms with Gasteiger partial charge >= 0.3 is 0 Å². The molecule has 1 unspecified atom stereocenters. The second kappa shape index (κ2) is 9.56. The number of hydrogen-bond donors (Lipinski definition) is 2. The highest BCUT2D eigenvalue weighted by Gasteiger charge is 2.31. The van der Waals surface area contributed by atoms with Gasteiger partial charge in [0.25, 0.3) is 12.3 Å². The maximum atomic E-state index is 13.2. The van der Waals surface area contributed by atoms with Crippen molar-refractivity contribution in [1.29, 1.82) is 0 Å². The third-order valence-corrected chi connectivity index (χ3v) is 5.07. The van der Waals surface area contributed by atoms with Crippen LogP contribution in [0.3, 0.4) is 0 Å². The van der Waals surface area contributed by atoms with Crippen molar-refractivity contribution in [3.63, 3.8) is 0 Å². The molecule has 0 fully saturated rings. The van der Waals surface area contributed by atoms with Crippen molar-refractivity contribution in [2.24, 2.45) is 7.05 Å². The van der Waals surface area contributed by atoms with Gasteiger partial charge in [0.1, 0.15) is 18.1 Å². The van der Waals surface area contributed by atoms with Crippen LogP contribution in [0.4, 0.5) is 17.6 Å². The average molecular weight is 453 g/mol. The Balaban J connectivity index is 1.86. The monoisotopic (exact) mass is 453 g/mol. The predicted octanol–water partition coefficient (Wildman–Crippen LogP) is 4.23. The second-order valence-electron chi connectivity index (χ2n) is 7.71. The number of alkyl halides is 4. The Morgan fingerprint density at radius 3 is 2.59 bits per heavy atom. The van der Waals surface area contributed by atoms with E-state index in [2.05, 4.69) is 10.4 Å². The summed E-state index contributed by atoms with van der Waals surface area (Å²) in [7, 11) is 1.53. The van der Waals surface area contributed by atoms with Crippen LogP contribution in [0.15, 0.2) is 42.5 Å². The van der Waals surface area contributed by atoms with Crippen LogP contribution in [0.25, 0.3) is 10.9 Å². The highest BCUT2D eigenvalue weighted by Crippen LogP contribution is 2.27. The fourth-order valence-electron chi connectivity index (χ4n) is 3.41. The van der Waals surface area contributed by atoms with Gasteiger partial charge in [0.15, 0.2) is 0 Å². The van der Waals surface area contributed by atoms with E-state index in [0.29, 0.717) is 22.2 Å². The molecule has 0 aliphatic carbocycles. The molecule has 0 spiro atoms. The van der Waals surface area contributed by atoms with Gasteiger partial charge in [0.05, 0.1) is 17.7 Å². The molecule has 0 saturated heterocycles. The van der Waals surface area contributed by atoms with E-state index in [4.69, 9.17) is 4.74 Å². The minimum absolute atomic E-state index is 0.0902. The average Bonchev–Trinajstić information content (AvgIpc) is 3.06. The number of halogens is 4. The van der Waals surface area contributed by atoms with Crippen molar-refractivity contribution >= 4 is 16.8 Å². The third kappa shape index (κ3) is 5.18. The number of nitrogens with one attached hydrogen (secondary N) is 1. The van der Waals surface area contributed by atoms with E-state index in [0.717, 1.165) is 0 Å². The smallest absolute Gasteiger partial charge is 0.270 e. The molecule has 0 saturated carbocycles. The normalized spacial score (nSPS) is 13.5. The van der Waals surface area contributed by atoms with Gasteiger partial charge in [-0.15, -0.1) is 0 Å². The molecule has 1 amide bonds. The Kier molecular flexibility index (Phi) is 7.02. The number of aliphatic hydroxyl groups is 1. The van der Waals surface area contributed by atoms with Crippen molar-refractivity contribution in [2.45, 2.75) is 38.3 Å². The van der Waals surface area contributed by atoms with Crippen LogP contribution in [-0.4, -0.2) is 39.4 Å². The topological polar surface area (TPSA) is 76.4 Å². The lowest BCUT2D eigenvalue weighted by Gasteiger charge is -2.28. The van der Waals surface area contributed by atoms with Gasteiger partial charge < -0.3 is 15.2 Å². The summed E-state index contributed by atoms with van der Waals surface area (Å²) in [6, 6.07) is 10.8. The van der Waals surface area contributed by atoms with E-state index >= 15 is 0 Å². The summed E-state index contributed by atoms with van der Waals surface area (Å²) in [6.45, 7) is 0.548. The third-order valence-electron chi connectivity index (χ3n) is 5.07. The second-order valence-corrected chi connectivity index (χ2v) is 7.71. The lowest BCUT2D eigenvalue weighted by atomic mass is 9.99. The van der Waals surface area contributed by atoms with Crippen molar-refractivity contribution in [2.75, 3.05) is 6.61 Å². The first-order chi connectivity index (χ1) is 15.1. The van der Waals surface area contributed by atoms with Gasteiger partial charge in [-0.25, -0.2) is 17.6 Å². The first-order valence-corrected chi connectivity index (χ1v) is 9.80. The zero-order valence-corrected chi connectivity index (χ0v) is 17.5. The number of benzene rings is 2. The lowest BCUT2D eigenvalue weighted by Crippen LogP contribution is -2.50. The molecule has 32 heavy (non-hydrogen) atoms. The maximum absolute atomic E-state index is 13.2. The first-order valence-electron chi connectivity index (χ1n) is 9.80. The number of ether oxygens (including phenoxy) is 1. The van der Waals surface area contributed by atoms with Crippen LogP contribution < -0.4 is 10.1 Å². The summed E-state index contributed by atoms with van der Waals surface area (Å²) in [6.07, 6.45) is -6.07.